The number of nitrogens with zero attached hydrogens (tertiary/aromatic N) is 4. The van der Waals surface area contributed by atoms with Crippen LogP contribution in [0.5, 0.6) is 0 Å². The highest BCUT2D eigenvalue weighted by Crippen LogP contribution is 2.13. The molecule has 1 unspecified atom stereocenters. The van der Waals surface area contributed by atoms with Crippen molar-refractivity contribution in [3.63, 3.8) is 0 Å². The average molecular weight is 337 g/mol. The van der Waals surface area contributed by atoms with Crippen molar-refractivity contribution in [2.45, 2.75) is 26.3 Å². The van der Waals surface area contributed by atoms with Crippen LogP contribution >= 0.6 is 0 Å². The van der Waals surface area contributed by atoms with Crippen LogP contribution in [0.3, 0.4) is 0 Å². The highest BCUT2D eigenvalue weighted by atomic mass is 16.5. The lowest BCUT2D eigenvalue weighted by Gasteiger charge is -2.38. The molecule has 0 spiro atoms. The third-order valence-electron chi connectivity index (χ3n) is 4.27. The number of likely N-dealkylation sites (N-methyl/N-ethyl adjacent to an activating group) is 1. The quantitative estimate of drug-likeness (QED) is 0.809. The van der Waals surface area contributed by atoms with Crippen LogP contribution < -0.4 is 5.32 Å². The number of hydrogen-bond acceptors (Lipinski definition) is 6. The minimum atomic E-state index is -0.200. The molecule has 0 radical (unpaired) electrons. The van der Waals surface area contributed by atoms with Gasteiger partial charge in [0.05, 0.1) is 12.6 Å². The zero-order valence-electron chi connectivity index (χ0n) is 14.9. The number of aryl methyl sites for hydroxylation is 1. The lowest BCUT2D eigenvalue weighted by Crippen LogP contribution is -2.54. The average Bonchev–Trinajstić information content (AvgIpc) is 2.94. The Morgan fingerprint density at radius 2 is 2.00 bits per heavy atom. The van der Waals surface area contributed by atoms with Gasteiger partial charge in [-0.2, -0.15) is 0 Å². The number of hydrogen-bond donors (Lipinski definition) is 1. The summed E-state index contributed by atoms with van der Waals surface area (Å²) in [4.78, 5) is 30.2. The Labute approximate surface area is 142 Å². The molecule has 134 valence electrons. The molecule has 1 aromatic heterocycles. The van der Waals surface area contributed by atoms with Crippen molar-refractivity contribution in [1.82, 2.24) is 19.9 Å². The molecule has 1 N–H and O–H groups in total. The molecular weight excluding hydrogens is 310 g/mol. The number of anilines is 1. The van der Waals surface area contributed by atoms with Crippen LogP contribution in [0.1, 0.15) is 19.1 Å². The Bertz CT molecular complexity index is 564. The maximum Gasteiger partial charge on any atom is 0.242 e. The van der Waals surface area contributed by atoms with Crippen LogP contribution in [0.4, 0.5) is 5.82 Å². The Morgan fingerprint density at radius 1 is 1.33 bits per heavy atom. The number of rotatable bonds is 6. The van der Waals surface area contributed by atoms with Crippen molar-refractivity contribution in [2.24, 2.45) is 0 Å². The van der Waals surface area contributed by atoms with Crippen molar-refractivity contribution in [1.29, 1.82) is 0 Å². The molecule has 2 rings (SSSR count). The molecule has 24 heavy (non-hydrogen) atoms. The minimum Gasteiger partial charge on any atom is -0.360 e. The highest BCUT2D eigenvalue weighted by Gasteiger charge is 2.28. The van der Waals surface area contributed by atoms with Gasteiger partial charge >= 0.3 is 0 Å². The van der Waals surface area contributed by atoms with Crippen LogP contribution in [0, 0.1) is 6.92 Å². The van der Waals surface area contributed by atoms with E-state index in [0.29, 0.717) is 18.1 Å². The minimum absolute atomic E-state index is 0.0661. The van der Waals surface area contributed by atoms with Gasteiger partial charge in [-0.3, -0.25) is 19.4 Å². The first-order chi connectivity index (χ1) is 11.4. The van der Waals surface area contributed by atoms with E-state index in [4.69, 9.17) is 4.52 Å². The third-order valence-corrected chi connectivity index (χ3v) is 4.27. The number of carbonyl (C=O) groups is 2. The van der Waals surface area contributed by atoms with Gasteiger partial charge in [-0.25, -0.2) is 0 Å². The molecule has 2 amide bonds. The van der Waals surface area contributed by atoms with Crippen LogP contribution in [-0.2, 0) is 9.59 Å². The lowest BCUT2D eigenvalue weighted by atomic mass is 10.1. The molecule has 0 bridgehead atoms. The number of amides is 2. The van der Waals surface area contributed by atoms with E-state index >= 15 is 0 Å². The van der Waals surface area contributed by atoms with E-state index in [2.05, 4.69) is 20.3 Å². The first kappa shape index (κ1) is 18.4. The normalized spacial score (nSPS) is 17.5. The van der Waals surface area contributed by atoms with E-state index in [1.54, 1.807) is 32.0 Å². The van der Waals surface area contributed by atoms with Crippen molar-refractivity contribution < 1.29 is 14.1 Å². The fourth-order valence-corrected chi connectivity index (χ4v) is 2.81. The molecule has 0 aliphatic carbocycles. The molecule has 1 fully saturated rings. The standard InChI is InChI=1S/C16H27N5O3/c1-5-13(16(23)17-14-10-12(2)24-18-14)21-8-6-20(7-9-21)11-15(22)19(3)4/h10,13H,5-9,11H2,1-4H3,(H,17,18,23). The molecular formula is C16H27N5O3. The van der Waals surface area contributed by atoms with E-state index in [-0.39, 0.29) is 17.9 Å². The summed E-state index contributed by atoms with van der Waals surface area (Å²) in [5, 5.41) is 6.61. The van der Waals surface area contributed by atoms with Gasteiger partial charge in [-0.15, -0.1) is 0 Å². The maximum atomic E-state index is 12.5. The van der Waals surface area contributed by atoms with Gasteiger partial charge in [0.1, 0.15) is 5.76 Å². The first-order valence-corrected chi connectivity index (χ1v) is 8.31. The second-order valence-electron chi connectivity index (χ2n) is 6.34. The number of aromatic nitrogens is 1. The van der Waals surface area contributed by atoms with Crippen LogP contribution in [0.2, 0.25) is 0 Å². The summed E-state index contributed by atoms with van der Waals surface area (Å²) in [5.41, 5.74) is 0. The lowest BCUT2D eigenvalue weighted by molar-refractivity contribution is -0.131. The highest BCUT2D eigenvalue weighted by molar-refractivity contribution is 5.94. The van der Waals surface area contributed by atoms with Crippen molar-refractivity contribution in [2.75, 3.05) is 52.1 Å². The zero-order valence-corrected chi connectivity index (χ0v) is 14.9. The molecule has 1 aromatic rings. The summed E-state index contributed by atoms with van der Waals surface area (Å²) in [6.45, 7) is 7.32. The van der Waals surface area contributed by atoms with Gasteiger partial charge in [0, 0.05) is 46.3 Å². The molecule has 8 nitrogen and oxygen atoms in total. The van der Waals surface area contributed by atoms with Gasteiger partial charge < -0.3 is 14.7 Å². The van der Waals surface area contributed by atoms with Gasteiger partial charge in [-0.05, 0) is 13.3 Å². The smallest absolute Gasteiger partial charge is 0.242 e. The summed E-state index contributed by atoms with van der Waals surface area (Å²) in [6.07, 6.45) is 0.722. The number of carbonyl (C=O) groups excluding carboxylic acids is 2. The Balaban J connectivity index is 1.86. The molecule has 1 atom stereocenters. The molecule has 1 aliphatic rings. The van der Waals surface area contributed by atoms with Crippen LogP contribution in [-0.4, -0.2) is 84.5 Å². The van der Waals surface area contributed by atoms with Crippen LogP contribution in [0.25, 0.3) is 0 Å². The first-order valence-electron chi connectivity index (χ1n) is 8.31. The van der Waals surface area contributed by atoms with E-state index in [0.717, 1.165) is 32.6 Å². The van der Waals surface area contributed by atoms with Crippen molar-refractivity contribution in [3.05, 3.63) is 11.8 Å². The molecule has 0 aromatic carbocycles. The monoisotopic (exact) mass is 337 g/mol. The molecule has 8 heteroatoms. The SMILES string of the molecule is CCC(C(=O)Nc1cc(C)on1)N1CCN(CC(=O)N(C)C)CC1. The van der Waals surface area contributed by atoms with Gasteiger partial charge in [0.25, 0.3) is 0 Å². The summed E-state index contributed by atoms with van der Waals surface area (Å²) < 4.78 is 4.97. The number of piperazine rings is 1. The second kappa shape index (κ2) is 8.25. The predicted octanol–water partition coefficient (Wildman–Crippen LogP) is 0.406. The van der Waals surface area contributed by atoms with E-state index in [1.165, 1.54) is 0 Å². The van der Waals surface area contributed by atoms with Gasteiger partial charge in [-0.1, -0.05) is 12.1 Å². The zero-order chi connectivity index (χ0) is 17.7. The fourth-order valence-electron chi connectivity index (χ4n) is 2.81. The fraction of sp³-hybridized carbons (Fsp3) is 0.688. The third kappa shape index (κ3) is 4.78. The van der Waals surface area contributed by atoms with Crippen molar-refractivity contribution >= 4 is 17.6 Å². The number of nitrogens with one attached hydrogen (secondary N) is 1. The summed E-state index contributed by atoms with van der Waals surface area (Å²) in [5.74, 6) is 1.15. The largest absolute Gasteiger partial charge is 0.360 e. The van der Waals surface area contributed by atoms with Gasteiger partial charge in [0.2, 0.25) is 11.8 Å². The molecule has 2 heterocycles. The summed E-state index contributed by atoms with van der Waals surface area (Å²) >= 11 is 0. The summed E-state index contributed by atoms with van der Waals surface area (Å²) in [7, 11) is 3.53. The Kier molecular flexibility index (Phi) is 6.33. The van der Waals surface area contributed by atoms with E-state index in [9.17, 15) is 9.59 Å². The maximum absolute atomic E-state index is 12.5. The predicted molar refractivity (Wildman–Crippen MR) is 90.7 cm³/mol. The van der Waals surface area contributed by atoms with Gasteiger partial charge in [0.15, 0.2) is 5.82 Å². The van der Waals surface area contributed by atoms with Crippen LogP contribution in [0.15, 0.2) is 10.6 Å². The van der Waals surface area contributed by atoms with E-state index in [1.807, 2.05) is 6.92 Å². The van der Waals surface area contributed by atoms with Crippen molar-refractivity contribution in [3.8, 4) is 0 Å². The topological polar surface area (TPSA) is 81.9 Å². The molecule has 0 saturated carbocycles. The summed E-state index contributed by atoms with van der Waals surface area (Å²) in [6, 6.07) is 1.50. The Hall–Kier alpha value is -1.93. The molecule has 1 saturated heterocycles. The second-order valence-corrected chi connectivity index (χ2v) is 6.34. The molecule has 1 aliphatic heterocycles. The Morgan fingerprint density at radius 3 is 2.50 bits per heavy atom. The van der Waals surface area contributed by atoms with E-state index < -0.39 is 0 Å².